The Morgan fingerprint density at radius 1 is 1.18 bits per heavy atom. The largest absolute Gasteiger partial charge is 0.381 e. The van der Waals surface area contributed by atoms with Gasteiger partial charge in [0, 0.05) is 25.5 Å². The lowest BCUT2D eigenvalue weighted by Gasteiger charge is -2.07. The van der Waals surface area contributed by atoms with Crippen LogP contribution in [0.5, 0.6) is 0 Å². The highest BCUT2D eigenvalue weighted by Gasteiger charge is 2.07. The van der Waals surface area contributed by atoms with Gasteiger partial charge in [0.1, 0.15) is 0 Å². The molecule has 0 atom stereocenters. The molecular formula is C12H27NO3S. The molecule has 0 radical (unpaired) electrons. The van der Waals surface area contributed by atoms with Gasteiger partial charge in [0.25, 0.3) is 0 Å². The average molecular weight is 265 g/mol. The highest BCUT2D eigenvalue weighted by atomic mass is 32.2. The van der Waals surface area contributed by atoms with Crippen LogP contribution in [0.3, 0.4) is 0 Å². The standard InChI is InChI=1S/C12H27NO3S/c1-4-9-17(14,15)10-7-13-6-5-8-16-11-12(2)3/h12-13H,4-11H2,1-3H3. The maximum Gasteiger partial charge on any atom is 0.151 e. The average Bonchev–Trinajstić information content (AvgIpc) is 2.21. The number of hydrogen-bond acceptors (Lipinski definition) is 4. The highest BCUT2D eigenvalue weighted by molar-refractivity contribution is 7.91. The fraction of sp³-hybridized carbons (Fsp3) is 1.00. The molecule has 1 N–H and O–H groups in total. The lowest BCUT2D eigenvalue weighted by Crippen LogP contribution is -2.25. The molecule has 0 aliphatic rings. The molecule has 17 heavy (non-hydrogen) atoms. The topological polar surface area (TPSA) is 55.4 Å². The molecule has 0 unspecified atom stereocenters. The first-order valence-corrected chi connectivity index (χ1v) is 8.29. The predicted octanol–water partition coefficient (Wildman–Crippen LogP) is 1.46. The SMILES string of the molecule is CCCS(=O)(=O)CCNCCCOCC(C)C. The van der Waals surface area contributed by atoms with Gasteiger partial charge in [0.15, 0.2) is 9.84 Å². The molecule has 0 saturated carbocycles. The van der Waals surface area contributed by atoms with Crippen molar-refractivity contribution in [1.29, 1.82) is 0 Å². The second-order valence-electron chi connectivity index (χ2n) is 4.72. The van der Waals surface area contributed by atoms with E-state index in [1.54, 1.807) is 0 Å². The molecule has 0 fully saturated rings. The first kappa shape index (κ1) is 16.9. The Morgan fingerprint density at radius 3 is 2.47 bits per heavy atom. The Morgan fingerprint density at radius 2 is 1.88 bits per heavy atom. The number of rotatable bonds is 11. The van der Waals surface area contributed by atoms with E-state index in [1.807, 2.05) is 6.92 Å². The maximum absolute atomic E-state index is 11.4. The van der Waals surface area contributed by atoms with E-state index >= 15 is 0 Å². The van der Waals surface area contributed by atoms with Crippen LogP contribution >= 0.6 is 0 Å². The molecule has 0 aromatic carbocycles. The number of nitrogens with one attached hydrogen (secondary N) is 1. The Labute approximate surface area is 106 Å². The first-order valence-electron chi connectivity index (χ1n) is 6.47. The lowest BCUT2D eigenvalue weighted by atomic mass is 10.2. The first-order chi connectivity index (χ1) is 7.98. The van der Waals surface area contributed by atoms with Crippen molar-refractivity contribution in [3.8, 4) is 0 Å². The summed E-state index contributed by atoms with van der Waals surface area (Å²) in [6.07, 6.45) is 1.63. The molecule has 4 nitrogen and oxygen atoms in total. The van der Waals surface area contributed by atoms with Crippen molar-refractivity contribution in [2.75, 3.05) is 37.8 Å². The van der Waals surface area contributed by atoms with Crippen molar-refractivity contribution in [3.05, 3.63) is 0 Å². The van der Waals surface area contributed by atoms with E-state index in [4.69, 9.17) is 4.74 Å². The van der Waals surface area contributed by atoms with E-state index < -0.39 is 9.84 Å². The number of sulfone groups is 1. The Bertz CT molecular complexity index is 263. The van der Waals surface area contributed by atoms with Gasteiger partial charge in [-0.1, -0.05) is 20.8 Å². The zero-order valence-corrected chi connectivity index (χ0v) is 12.2. The highest BCUT2D eigenvalue weighted by Crippen LogP contribution is 1.94. The summed E-state index contributed by atoms with van der Waals surface area (Å²) < 4.78 is 28.2. The molecule has 0 bridgehead atoms. The van der Waals surface area contributed by atoms with E-state index in [0.29, 0.717) is 24.6 Å². The van der Waals surface area contributed by atoms with Crippen molar-refractivity contribution in [3.63, 3.8) is 0 Å². The van der Waals surface area contributed by atoms with Gasteiger partial charge in [-0.25, -0.2) is 8.42 Å². The van der Waals surface area contributed by atoms with Gasteiger partial charge in [-0.3, -0.25) is 0 Å². The molecule has 0 heterocycles. The fourth-order valence-electron chi connectivity index (χ4n) is 1.38. The fourth-order valence-corrected chi connectivity index (χ4v) is 2.67. The van der Waals surface area contributed by atoms with Crippen molar-refractivity contribution < 1.29 is 13.2 Å². The van der Waals surface area contributed by atoms with Crippen LogP contribution < -0.4 is 5.32 Å². The van der Waals surface area contributed by atoms with Crippen LogP contribution in [0.4, 0.5) is 0 Å². The molecule has 0 aliphatic heterocycles. The third-order valence-corrected chi connectivity index (χ3v) is 4.05. The second-order valence-corrected chi connectivity index (χ2v) is 7.03. The summed E-state index contributed by atoms with van der Waals surface area (Å²) in [5.74, 6) is 1.11. The molecule has 0 spiro atoms. The van der Waals surface area contributed by atoms with E-state index in [9.17, 15) is 8.42 Å². The summed E-state index contributed by atoms with van der Waals surface area (Å²) in [5, 5.41) is 3.13. The molecule has 104 valence electrons. The molecular weight excluding hydrogens is 238 g/mol. The van der Waals surface area contributed by atoms with E-state index in [0.717, 1.165) is 26.2 Å². The van der Waals surface area contributed by atoms with Crippen molar-refractivity contribution >= 4 is 9.84 Å². The second kappa shape index (κ2) is 9.85. The molecule has 0 amide bonds. The van der Waals surface area contributed by atoms with Crippen LogP contribution in [-0.2, 0) is 14.6 Å². The summed E-state index contributed by atoms with van der Waals surface area (Å²) in [7, 11) is -2.83. The van der Waals surface area contributed by atoms with Crippen molar-refractivity contribution in [1.82, 2.24) is 5.32 Å². The van der Waals surface area contributed by atoms with Gasteiger partial charge in [-0.05, 0) is 25.3 Å². The monoisotopic (exact) mass is 265 g/mol. The minimum Gasteiger partial charge on any atom is -0.381 e. The van der Waals surface area contributed by atoms with Crippen molar-refractivity contribution in [2.45, 2.75) is 33.6 Å². The minimum atomic E-state index is -2.83. The lowest BCUT2D eigenvalue weighted by molar-refractivity contribution is 0.108. The van der Waals surface area contributed by atoms with E-state index in [2.05, 4.69) is 19.2 Å². The van der Waals surface area contributed by atoms with Crippen LogP contribution in [0.1, 0.15) is 33.6 Å². The molecule has 5 heteroatoms. The van der Waals surface area contributed by atoms with Crippen LogP contribution in [-0.4, -0.2) is 46.2 Å². The van der Waals surface area contributed by atoms with Crippen molar-refractivity contribution in [2.24, 2.45) is 5.92 Å². The van der Waals surface area contributed by atoms with Crippen LogP contribution in [0.15, 0.2) is 0 Å². The summed E-state index contributed by atoms with van der Waals surface area (Å²) >= 11 is 0. The van der Waals surface area contributed by atoms with Crippen LogP contribution in [0.2, 0.25) is 0 Å². The summed E-state index contributed by atoms with van der Waals surface area (Å²) in [6, 6.07) is 0. The maximum atomic E-state index is 11.4. The van der Waals surface area contributed by atoms with Gasteiger partial charge in [-0.15, -0.1) is 0 Å². The Hall–Kier alpha value is -0.130. The molecule has 0 rings (SSSR count). The molecule has 0 aliphatic carbocycles. The third kappa shape index (κ3) is 12.1. The normalized spacial score (nSPS) is 12.2. The third-order valence-electron chi connectivity index (χ3n) is 2.20. The van der Waals surface area contributed by atoms with Gasteiger partial charge >= 0.3 is 0 Å². The van der Waals surface area contributed by atoms with Gasteiger partial charge in [0.2, 0.25) is 0 Å². The van der Waals surface area contributed by atoms with Gasteiger partial charge in [0.05, 0.1) is 5.75 Å². The Balaban J connectivity index is 3.29. The zero-order chi connectivity index (χ0) is 13.1. The zero-order valence-electron chi connectivity index (χ0n) is 11.4. The smallest absolute Gasteiger partial charge is 0.151 e. The van der Waals surface area contributed by atoms with E-state index in [1.165, 1.54) is 0 Å². The minimum absolute atomic E-state index is 0.244. The van der Waals surface area contributed by atoms with Gasteiger partial charge in [-0.2, -0.15) is 0 Å². The molecule has 0 saturated heterocycles. The predicted molar refractivity (Wildman–Crippen MR) is 72.1 cm³/mol. The van der Waals surface area contributed by atoms with Crippen LogP contribution in [0, 0.1) is 5.92 Å². The molecule has 0 aromatic rings. The van der Waals surface area contributed by atoms with Crippen LogP contribution in [0.25, 0.3) is 0 Å². The summed E-state index contributed by atoms with van der Waals surface area (Å²) in [4.78, 5) is 0. The summed E-state index contributed by atoms with van der Waals surface area (Å²) in [5.41, 5.74) is 0. The summed E-state index contributed by atoms with van der Waals surface area (Å²) in [6.45, 7) is 9.04. The number of ether oxygens (including phenoxy) is 1. The van der Waals surface area contributed by atoms with Gasteiger partial charge < -0.3 is 10.1 Å². The Kier molecular flexibility index (Phi) is 9.78. The van der Waals surface area contributed by atoms with E-state index in [-0.39, 0.29) is 5.75 Å². The quantitative estimate of drug-likeness (QED) is 0.575. The number of hydrogen-bond donors (Lipinski definition) is 1. The molecule has 0 aromatic heterocycles.